The molecule has 0 N–H and O–H groups in total. The highest BCUT2D eigenvalue weighted by Crippen LogP contribution is 2.40. The van der Waals surface area contributed by atoms with Crippen LogP contribution < -0.4 is 14.9 Å². The smallest absolute Gasteiger partial charge is 0.290 e. The minimum atomic E-state index is -0.549. The van der Waals surface area contributed by atoms with Crippen LogP contribution in [0.25, 0.3) is 11.0 Å². The Bertz CT molecular complexity index is 1160. The Labute approximate surface area is 175 Å². The van der Waals surface area contributed by atoms with E-state index in [0.717, 1.165) is 12.0 Å². The quantitative estimate of drug-likeness (QED) is 0.606. The molecule has 0 radical (unpaired) electrons. The van der Waals surface area contributed by atoms with E-state index in [1.807, 2.05) is 18.2 Å². The topological polar surface area (TPSA) is 69.0 Å². The molecular weight excluding hydrogens is 382 g/mol. The highest BCUT2D eigenvalue weighted by Gasteiger charge is 2.40. The third-order valence-corrected chi connectivity index (χ3v) is 5.46. The number of rotatable bonds is 6. The van der Waals surface area contributed by atoms with Crippen LogP contribution in [0.15, 0.2) is 51.7 Å². The molecule has 0 saturated carbocycles. The molecule has 1 aliphatic heterocycles. The van der Waals surface area contributed by atoms with E-state index >= 15 is 0 Å². The van der Waals surface area contributed by atoms with Gasteiger partial charge in [0.25, 0.3) is 5.91 Å². The normalized spacial score (nSPS) is 15.7. The Morgan fingerprint density at radius 1 is 1.10 bits per heavy atom. The van der Waals surface area contributed by atoms with Crippen molar-refractivity contribution in [2.45, 2.75) is 26.3 Å². The van der Waals surface area contributed by atoms with Gasteiger partial charge in [0.2, 0.25) is 5.76 Å². The molecule has 0 spiro atoms. The molecule has 30 heavy (non-hydrogen) atoms. The predicted octanol–water partition coefficient (Wildman–Crippen LogP) is 4.40. The van der Waals surface area contributed by atoms with Gasteiger partial charge in [0.15, 0.2) is 16.9 Å². The molecule has 1 amide bonds. The lowest BCUT2D eigenvalue weighted by atomic mass is 9.98. The van der Waals surface area contributed by atoms with Crippen LogP contribution in [0.2, 0.25) is 0 Å². The van der Waals surface area contributed by atoms with Crippen molar-refractivity contribution < 1.29 is 18.7 Å². The van der Waals surface area contributed by atoms with Crippen LogP contribution >= 0.6 is 0 Å². The van der Waals surface area contributed by atoms with E-state index in [1.54, 1.807) is 38.4 Å². The Morgan fingerprint density at radius 2 is 1.87 bits per heavy atom. The fraction of sp³-hybridized carbons (Fsp3) is 0.333. The fourth-order valence-electron chi connectivity index (χ4n) is 3.80. The average Bonchev–Trinajstić information content (AvgIpc) is 2.99. The van der Waals surface area contributed by atoms with Crippen molar-refractivity contribution >= 4 is 16.9 Å². The number of carbonyl (C=O) groups excluding carboxylic acids is 1. The first-order valence-corrected chi connectivity index (χ1v) is 10.1. The monoisotopic (exact) mass is 407 g/mol. The maximum Gasteiger partial charge on any atom is 0.290 e. The molecule has 4 rings (SSSR count). The minimum absolute atomic E-state index is 0.0995. The zero-order valence-corrected chi connectivity index (χ0v) is 17.6. The molecular formula is C24H25NO5. The fourth-order valence-corrected chi connectivity index (χ4v) is 3.80. The average molecular weight is 407 g/mol. The van der Waals surface area contributed by atoms with E-state index < -0.39 is 6.04 Å². The second-order valence-electron chi connectivity index (χ2n) is 7.93. The van der Waals surface area contributed by atoms with Crippen LogP contribution in [0, 0.1) is 5.92 Å². The van der Waals surface area contributed by atoms with Gasteiger partial charge in [-0.3, -0.25) is 9.59 Å². The van der Waals surface area contributed by atoms with Crippen molar-refractivity contribution in [2.75, 3.05) is 20.8 Å². The summed E-state index contributed by atoms with van der Waals surface area (Å²) in [6, 6.07) is 11.9. The van der Waals surface area contributed by atoms with Gasteiger partial charge in [-0.25, -0.2) is 0 Å². The number of amides is 1. The lowest BCUT2D eigenvalue weighted by Gasteiger charge is -2.21. The summed E-state index contributed by atoms with van der Waals surface area (Å²) in [6.45, 7) is 4.88. The second-order valence-corrected chi connectivity index (χ2v) is 7.93. The third-order valence-electron chi connectivity index (χ3n) is 5.46. The molecule has 0 saturated heterocycles. The summed E-state index contributed by atoms with van der Waals surface area (Å²) in [5.41, 5.74) is 1.35. The van der Waals surface area contributed by atoms with Gasteiger partial charge in [0, 0.05) is 7.05 Å². The maximum atomic E-state index is 13.2. The molecule has 0 bridgehead atoms. The molecule has 3 aromatic rings. The molecule has 1 atom stereocenters. The molecule has 2 aromatic carbocycles. The molecule has 6 nitrogen and oxygen atoms in total. The van der Waals surface area contributed by atoms with Crippen molar-refractivity contribution in [3.63, 3.8) is 0 Å². The summed E-state index contributed by atoms with van der Waals surface area (Å²) in [4.78, 5) is 27.6. The van der Waals surface area contributed by atoms with Gasteiger partial charge in [-0.1, -0.05) is 32.0 Å². The molecule has 6 heteroatoms. The van der Waals surface area contributed by atoms with Gasteiger partial charge >= 0.3 is 0 Å². The van der Waals surface area contributed by atoms with Crippen LogP contribution in [0.4, 0.5) is 0 Å². The summed E-state index contributed by atoms with van der Waals surface area (Å²) < 4.78 is 17.2. The standard InChI is InChI=1S/C24H25NO5/c1-14(2)11-12-29-18-10-9-15(13-19(18)28-4)21-20-22(26)16-7-5-6-8-17(16)30-23(20)24(27)25(21)3/h5-10,13-14,21H,11-12H2,1-4H3. The van der Waals surface area contributed by atoms with Gasteiger partial charge < -0.3 is 18.8 Å². The number of ether oxygens (including phenoxy) is 2. The zero-order chi connectivity index (χ0) is 21.4. The van der Waals surface area contributed by atoms with E-state index in [9.17, 15) is 9.59 Å². The maximum absolute atomic E-state index is 13.2. The first-order chi connectivity index (χ1) is 14.4. The van der Waals surface area contributed by atoms with Crippen molar-refractivity contribution in [3.05, 3.63) is 69.6 Å². The molecule has 1 unspecified atom stereocenters. The third kappa shape index (κ3) is 3.32. The number of carbonyl (C=O) groups is 1. The lowest BCUT2D eigenvalue weighted by Crippen LogP contribution is -2.25. The zero-order valence-electron chi connectivity index (χ0n) is 17.6. The number of benzene rings is 2. The SMILES string of the molecule is COc1cc(C2c3c(oc4ccccc4c3=O)C(=O)N2C)ccc1OCCC(C)C. The van der Waals surface area contributed by atoms with Gasteiger partial charge in [-0.05, 0) is 42.2 Å². The molecule has 1 aliphatic rings. The molecule has 0 fully saturated rings. The first-order valence-electron chi connectivity index (χ1n) is 10.1. The van der Waals surface area contributed by atoms with Crippen LogP contribution in [-0.4, -0.2) is 31.6 Å². The van der Waals surface area contributed by atoms with Crippen LogP contribution in [0.5, 0.6) is 11.5 Å². The van der Waals surface area contributed by atoms with Crippen molar-refractivity contribution in [3.8, 4) is 11.5 Å². The summed E-state index contributed by atoms with van der Waals surface area (Å²) in [7, 11) is 3.25. The van der Waals surface area contributed by atoms with E-state index in [2.05, 4.69) is 13.8 Å². The highest BCUT2D eigenvalue weighted by molar-refractivity contribution is 5.98. The van der Waals surface area contributed by atoms with Gasteiger partial charge in [0.05, 0.1) is 30.7 Å². The van der Waals surface area contributed by atoms with Crippen LogP contribution in [-0.2, 0) is 0 Å². The number of hydrogen-bond donors (Lipinski definition) is 0. The number of methoxy groups -OCH3 is 1. The van der Waals surface area contributed by atoms with Gasteiger partial charge in [0.1, 0.15) is 5.58 Å². The molecule has 156 valence electrons. The Kier molecular flexibility index (Phi) is 5.24. The summed E-state index contributed by atoms with van der Waals surface area (Å²) in [5, 5.41) is 0.463. The van der Waals surface area contributed by atoms with Crippen molar-refractivity contribution in [1.29, 1.82) is 0 Å². The number of nitrogens with zero attached hydrogens (tertiary/aromatic N) is 1. The van der Waals surface area contributed by atoms with Crippen LogP contribution in [0.3, 0.4) is 0 Å². The number of para-hydroxylation sites is 1. The van der Waals surface area contributed by atoms with E-state index in [0.29, 0.717) is 40.6 Å². The van der Waals surface area contributed by atoms with Gasteiger partial charge in [-0.15, -0.1) is 0 Å². The Hall–Kier alpha value is -3.28. The minimum Gasteiger partial charge on any atom is -0.493 e. The second kappa shape index (κ2) is 7.86. The summed E-state index contributed by atoms with van der Waals surface area (Å²) >= 11 is 0. The Morgan fingerprint density at radius 3 is 2.60 bits per heavy atom. The van der Waals surface area contributed by atoms with E-state index in [-0.39, 0.29) is 17.1 Å². The first kappa shape index (κ1) is 20.0. The summed E-state index contributed by atoms with van der Waals surface area (Å²) in [5.74, 6) is 1.53. The van der Waals surface area contributed by atoms with E-state index in [4.69, 9.17) is 13.9 Å². The lowest BCUT2D eigenvalue weighted by molar-refractivity contribution is 0.0771. The van der Waals surface area contributed by atoms with Crippen LogP contribution in [0.1, 0.15) is 48.0 Å². The van der Waals surface area contributed by atoms with Gasteiger partial charge in [-0.2, -0.15) is 0 Å². The number of hydrogen-bond acceptors (Lipinski definition) is 5. The van der Waals surface area contributed by atoms with E-state index in [1.165, 1.54) is 4.90 Å². The summed E-state index contributed by atoms with van der Waals surface area (Å²) in [6.07, 6.45) is 0.937. The molecule has 1 aromatic heterocycles. The Balaban J connectivity index is 1.77. The largest absolute Gasteiger partial charge is 0.493 e. The highest BCUT2D eigenvalue weighted by atomic mass is 16.5. The molecule has 0 aliphatic carbocycles. The van der Waals surface area contributed by atoms with Crippen molar-refractivity contribution in [1.82, 2.24) is 4.90 Å². The number of fused-ring (bicyclic) bond motifs is 2. The van der Waals surface area contributed by atoms with Crippen molar-refractivity contribution in [2.24, 2.45) is 5.92 Å². The predicted molar refractivity (Wildman–Crippen MR) is 114 cm³/mol. The molecule has 2 heterocycles.